The highest BCUT2D eigenvalue weighted by atomic mass is 79.9. The van der Waals surface area contributed by atoms with Gasteiger partial charge in [-0.3, -0.25) is 14.3 Å². The highest BCUT2D eigenvalue weighted by molar-refractivity contribution is 9.10. The van der Waals surface area contributed by atoms with Crippen molar-refractivity contribution in [1.29, 1.82) is 0 Å². The zero-order chi connectivity index (χ0) is 23.7. The molecule has 33 heavy (non-hydrogen) atoms. The highest BCUT2D eigenvalue weighted by Crippen LogP contribution is 2.25. The Labute approximate surface area is 201 Å². The summed E-state index contributed by atoms with van der Waals surface area (Å²) in [4.78, 5) is 25.6. The second kappa shape index (κ2) is 9.36. The second-order valence-corrected chi connectivity index (χ2v) is 8.39. The lowest BCUT2D eigenvalue weighted by atomic mass is 10.1. The summed E-state index contributed by atoms with van der Waals surface area (Å²) >= 11 is 9.71. The third-order valence-corrected chi connectivity index (χ3v) is 5.69. The Morgan fingerprint density at radius 1 is 1.09 bits per heavy atom. The molecule has 0 unspecified atom stereocenters. The first-order valence-electron chi connectivity index (χ1n) is 9.69. The number of ether oxygens (including phenoxy) is 1. The summed E-state index contributed by atoms with van der Waals surface area (Å²) in [5.41, 5.74) is 3.05. The maximum Gasteiger partial charge on any atom is 0.274 e. The van der Waals surface area contributed by atoms with Gasteiger partial charge in [-0.2, -0.15) is 0 Å². The summed E-state index contributed by atoms with van der Waals surface area (Å²) < 4.78 is 34.3. The SMILES string of the molecule is Cc1cnc(-c2cccc(Br)n2)cc1-n1c(C)cc(COc2ncc(F)cc2F)c(Cl)c1=O. The van der Waals surface area contributed by atoms with Gasteiger partial charge < -0.3 is 4.74 Å². The normalized spacial score (nSPS) is 11.0. The van der Waals surface area contributed by atoms with Crippen LogP contribution in [0, 0.1) is 25.5 Å². The fourth-order valence-corrected chi connectivity index (χ4v) is 3.82. The smallest absolute Gasteiger partial charge is 0.274 e. The van der Waals surface area contributed by atoms with E-state index in [1.54, 1.807) is 31.3 Å². The molecule has 4 heterocycles. The monoisotopic (exact) mass is 532 g/mol. The standard InChI is InChI=1S/C23H16BrClF2N4O2/c1-12-9-28-18(17-4-3-5-20(24)30-17)8-19(12)31-13(2)6-14(21(25)23(31)32)11-33-22-16(27)7-15(26)10-29-22/h3-10H,11H2,1-2H3. The Bertz CT molecular complexity index is 1430. The van der Waals surface area contributed by atoms with Gasteiger partial charge in [0.2, 0.25) is 0 Å². The van der Waals surface area contributed by atoms with Crippen LogP contribution >= 0.6 is 27.5 Å². The molecule has 0 fully saturated rings. The number of rotatable bonds is 5. The predicted molar refractivity (Wildman–Crippen MR) is 124 cm³/mol. The number of aryl methyl sites for hydroxylation is 2. The van der Waals surface area contributed by atoms with E-state index in [2.05, 4.69) is 30.9 Å². The average molecular weight is 534 g/mol. The number of hydrogen-bond acceptors (Lipinski definition) is 5. The van der Waals surface area contributed by atoms with E-state index in [0.717, 1.165) is 11.8 Å². The molecule has 0 bridgehead atoms. The van der Waals surface area contributed by atoms with Crippen molar-refractivity contribution in [3.8, 4) is 23.0 Å². The molecule has 0 saturated heterocycles. The van der Waals surface area contributed by atoms with Crippen LogP contribution in [0.5, 0.6) is 5.88 Å². The van der Waals surface area contributed by atoms with Gasteiger partial charge in [0, 0.05) is 23.5 Å². The minimum atomic E-state index is -0.947. The molecule has 0 N–H and O–H groups in total. The highest BCUT2D eigenvalue weighted by Gasteiger charge is 2.17. The van der Waals surface area contributed by atoms with Gasteiger partial charge in [0.1, 0.15) is 22.0 Å². The molecule has 0 aliphatic heterocycles. The maximum absolute atomic E-state index is 13.8. The van der Waals surface area contributed by atoms with Crippen LogP contribution in [0.3, 0.4) is 0 Å². The Morgan fingerprint density at radius 3 is 2.61 bits per heavy atom. The lowest BCUT2D eigenvalue weighted by Gasteiger charge is -2.16. The quantitative estimate of drug-likeness (QED) is 0.313. The summed E-state index contributed by atoms with van der Waals surface area (Å²) in [5, 5.41) is -0.0820. The van der Waals surface area contributed by atoms with E-state index in [4.69, 9.17) is 16.3 Å². The van der Waals surface area contributed by atoms with E-state index in [9.17, 15) is 13.6 Å². The summed E-state index contributed by atoms with van der Waals surface area (Å²) in [6, 6.07) is 9.57. The first-order chi connectivity index (χ1) is 15.7. The lowest BCUT2D eigenvalue weighted by molar-refractivity contribution is 0.275. The topological polar surface area (TPSA) is 69.9 Å². The van der Waals surface area contributed by atoms with Gasteiger partial charge in [0.25, 0.3) is 11.4 Å². The predicted octanol–water partition coefficient (Wildman–Crippen LogP) is 5.58. The van der Waals surface area contributed by atoms with Crippen LogP contribution in [0.25, 0.3) is 17.1 Å². The van der Waals surface area contributed by atoms with Gasteiger partial charge in [0.05, 0.1) is 23.3 Å². The van der Waals surface area contributed by atoms with Gasteiger partial charge in [-0.05, 0) is 59.6 Å². The second-order valence-electron chi connectivity index (χ2n) is 7.20. The molecular formula is C23H16BrClF2N4O2. The molecule has 0 atom stereocenters. The number of nitrogens with zero attached hydrogens (tertiary/aromatic N) is 4. The van der Waals surface area contributed by atoms with Crippen LogP contribution in [-0.2, 0) is 6.61 Å². The van der Waals surface area contributed by atoms with E-state index in [0.29, 0.717) is 39.0 Å². The van der Waals surface area contributed by atoms with Crippen molar-refractivity contribution in [3.63, 3.8) is 0 Å². The van der Waals surface area contributed by atoms with Crippen LogP contribution in [0.4, 0.5) is 8.78 Å². The minimum Gasteiger partial charge on any atom is -0.471 e. The van der Waals surface area contributed by atoms with Crippen LogP contribution in [0.15, 0.2) is 58.2 Å². The van der Waals surface area contributed by atoms with Gasteiger partial charge in [-0.25, -0.2) is 18.7 Å². The third-order valence-electron chi connectivity index (χ3n) is 4.84. The summed E-state index contributed by atoms with van der Waals surface area (Å²) in [6.45, 7) is 3.36. The maximum atomic E-state index is 13.8. The molecule has 0 aromatic carbocycles. The van der Waals surface area contributed by atoms with Crippen molar-refractivity contribution >= 4 is 27.5 Å². The molecule has 4 rings (SSSR count). The fourth-order valence-electron chi connectivity index (χ4n) is 3.28. The Balaban J connectivity index is 1.72. The van der Waals surface area contributed by atoms with E-state index in [1.807, 2.05) is 19.1 Å². The molecule has 0 aliphatic rings. The van der Waals surface area contributed by atoms with Crippen molar-refractivity contribution < 1.29 is 13.5 Å². The largest absolute Gasteiger partial charge is 0.471 e. The molecule has 168 valence electrons. The number of halogens is 4. The van der Waals surface area contributed by atoms with Crippen molar-refractivity contribution in [2.45, 2.75) is 20.5 Å². The molecule has 0 radical (unpaired) electrons. The zero-order valence-electron chi connectivity index (χ0n) is 17.4. The molecule has 0 aliphatic carbocycles. The molecule has 4 aromatic rings. The van der Waals surface area contributed by atoms with Crippen molar-refractivity contribution in [2.75, 3.05) is 0 Å². The lowest BCUT2D eigenvalue weighted by Crippen LogP contribution is -2.24. The van der Waals surface area contributed by atoms with Crippen LogP contribution in [-0.4, -0.2) is 19.5 Å². The van der Waals surface area contributed by atoms with Crippen LogP contribution in [0.1, 0.15) is 16.8 Å². The van der Waals surface area contributed by atoms with Crippen molar-refractivity contribution in [2.24, 2.45) is 0 Å². The Kier molecular flexibility index (Phi) is 6.53. The summed E-state index contributed by atoms with van der Waals surface area (Å²) in [5.74, 6) is -2.15. The Morgan fingerprint density at radius 2 is 1.88 bits per heavy atom. The van der Waals surface area contributed by atoms with Gasteiger partial charge in [-0.1, -0.05) is 17.7 Å². The fraction of sp³-hybridized carbons (Fsp3) is 0.130. The molecular weight excluding hydrogens is 518 g/mol. The van der Waals surface area contributed by atoms with E-state index >= 15 is 0 Å². The number of pyridine rings is 4. The molecule has 10 heteroatoms. The molecule has 0 amide bonds. The first-order valence-corrected chi connectivity index (χ1v) is 10.9. The van der Waals surface area contributed by atoms with Crippen LogP contribution in [0.2, 0.25) is 5.02 Å². The Hall–Kier alpha value is -3.17. The zero-order valence-corrected chi connectivity index (χ0v) is 19.8. The summed E-state index contributed by atoms with van der Waals surface area (Å²) in [6.07, 6.45) is 2.50. The number of aromatic nitrogens is 4. The van der Waals surface area contributed by atoms with Gasteiger partial charge in [0.15, 0.2) is 5.82 Å². The number of hydrogen-bond donors (Lipinski definition) is 0. The molecule has 6 nitrogen and oxygen atoms in total. The third kappa shape index (κ3) is 4.79. The van der Waals surface area contributed by atoms with Crippen molar-refractivity contribution in [1.82, 2.24) is 19.5 Å². The average Bonchev–Trinajstić information content (AvgIpc) is 2.77. The van der Waals surface area contributed by atoms with E-state index < -0.39 is 17.2 Å². The van der Waals surface area contributed by atoms with Gasteiger partial charge in [-0.15, -0.1) is 0 Å². The van der Waals surface area contributed by atoms with Crippen molar-refractivity contribution in [3.05, 3.63) is 97.2 Å². The molecule has 0 spiro atoms. The van der Waals surface area contributed by atoms with E-state index in [-0.39, 0.29) is 17.5 Å². The molecule has 0 saturated carbocycles. The first kappa shape index (κ1) is 23.0. The van der Waals surface area contributed by atoms with E-state index in [1.165, 1.54) is 4.57 Å². The van der Waals surface area contributed by atoms with Crippen LogP contribution < -0.4 is 10.3 Å². The van der Waals surface area contributed by atoms with Gasteiger partial charge >= 0.3 is 0 Å². The molecule has 4 aromatic heterocycles. The minimum absolute atomic E-state index is 0.0820. The summed E-state index contributed by atoms with van der Waals surface area (Å²) in [7, 11) is 0.